The van der Waals surface area contributed by atoms with E-state index < -0.39 is 5.60 Å². The zero-order valence-corrected chi connectivity index (χ0v) is 5.29. The molecule has 0 aromatic heterocycles. The van der Waals surface area contributed by atoms with Crippen LogP contribution in [0.1, 0.15) is 13.3 Å². The van der Waals surface area contributed by atoms with E-state index in [0.29, 0.717) is 13.0 Å². The molecule has 50 valence electrons. The first-order chi connectivity index (χ1) is 4.19. The molecule has 0 aliphatic carbocycles. The summed E-state index contributed by atoms with van der Waals surface area (Å²) in [6.07, 6.45) is 0.104. The lowest BCUT2D eigenvalue weighted by Crippen LogP contribution is -2.33. The summed E-state index contributed by atoms with van der Waals surface area (Å²) in [5.41, 5.74) is -1.22. The van der Waals surface area contributed by atoms with Crippen molar-refractivity contribution in [2.75, 3.05) is 6.61 Å². The fourth-order valence-corrected chi connectivity index (χ4v) is 0.879. The summed E-state index contributed by atoms with van der Waals surface area (Å²) in [5, 5.41) is 17.7. The molecule has 1 saturated heterocycles. The van der Waals surface area contributed by atoms with Gasteiger partial charge >= 0.3 is 0 Å². The van der Waals surface area contributed by atoms with Crippen molar-refractivity contribution in [2.24, 2.45) is 0 Å². The maximum Gasteiger partial charge on any atom is 0.179 e. The highest BCUT2D eigenvalue weighted by atomic mass is 16.5. The fraction of sp³-hybridized carbons (Fsp3) is 0.833. The van der Waals surface area contributed by atoms with E-state index in [9.17, 15) is 5.11 Å². The smallest absolute Gasteiger partial charge is 0.179 e. The molecule has 1 heterocycles. The van der Waals surface area contributed by atoms with Crippen LogP contribution in [-0.2, 0) is 4.74 Å². The van der Waals surface area contributed by atoms with E-state index in [0.717, 1.165) is 0 Å². The highest BCUT2D eigenvalue weighted by Crippen LogP contribution is 2.23. The van der Waals surface area contributed by atoms with Crippen molar-refractivity contribution in [3.63, 3.8) is 0 Å². The third kappa shape index (κ3) is 0.913. The van der Waals surface area contributed by atoms with Crippen molar-refractivity contribution in [2.45, 2.75) is 25.0 Å². The van der Waals surface area contributed by atoms with Gasteiger partial charge in [-0.1, -0.05) is 0 Å². The summed E-state index contributed by atoms with van der Waals surface area (Å²) in [6.45, 7) is 2.20. The van der Waals surface area contributed by atoms with Crippen LogP contribution in [0.3, 0.4) is 0 Å². The Balaban J connectivity index is 2.70. The Bertz CT molecular complexity index is 152. The summed E-state index contributed by atoms with van der Waals surface area (Å²) in [7, 11) is 0. The SMILES string of the molecule is C[C@H]1OCC[C@@]1(O)C#N. The molecule has 0 aromatic carbocycles. The summed E-state index contributed by atoms with van der Waals surface area (Å²) < 4.78 is 4.99. The van der Waals surface area contributed by atoms with Crippen molar-refractivity contribution in [3.05, 3.63) is 0 Å². The number of hydrogen-bond acceptors (Lipinski definition) is 3. The Morgan fingerprint density at radius 2 is 2.56 bits per heavy atom. The molecule has 9 heavy (non-hydrogen) atoms. The van der Waals surface area contributed by atoms with Crippen molar-refractivity contribution >= 4 is 0 Å². The summed E-state index contributed by atoms with van der Waals surface area (Å²) in [4.78, 5) is 0. The van der Waals surface area contributed by atoms with E-state index in [1.54, 1.807) is 6.92 Å². The van der Waals surface area contributed by atoms with Gasteiger partial charge in [0.25, 0.3) is 0 Å². The van der Waals surface area contributed by atoms with Crippen molar-refractivity contribution < 1.29 is 9.84 Å². The molecule has 2 atom stereocenters. The molecule has 1 N–H and O–H groups in total. The van der Waals surface area contributed by atoms with Gasteiger partial charge in [-0.05, 0) is 6.92 Å². The van der Waals surface area contributed by atoms with Gasteiger partial charge in [-0.3, -0.25) is 0 Å². The number of ether oxygens (including phenoxy) is 1. The summed E-state index contributed by atoms with van der Waals surface area (Å²) >= 11 is 0. The quantitative estimate of drug-likeness (QED) is 0.468. The lowest BCUT2D eigenvalue weighted by Gasteiger charge is -2.15. The minimum absolute atomic E-state index is 0.331. The summed E-state index contributed by atoms with van der Waals surface area (Å²) in [6, 6.07) is 1.82. The topological polar surface area (TPSA) is 53.2 Å². The highest BCUT2D eigenvalue weighted by Gasteiger charge is 2.39. The molecule has 0 radical (unpaired) electrons. The monoisotopic (exact) mass is 127 g/mol. The Morgan fingerprint density at radius 1 is 1.89 bits per heavy atom. The third-order valence-corrected chi connectivity index (χ3v) is 1.72. The maximum absolute atomic E-state index is 9.28. The molecule has 0 aromatic rings. The first-order valence-corrected chi connectivity index (χ1v) is 2.94. The molecule has 1 aliphatic heterocycles. The predicted molar refractivity (Wildman–Crippen MR) is 30.6 cm³/mol. The molecule has 3 nitrogen and oxygen atoms in total. The second kappa shape index (κ2) is 1.98. The van der Waals surface area contributed by atoms with Crippen molar-refractivity contribution in [1.82, 2.24) is 0 Å². The van der Waals surface area contributed by atoms with E-state index in [1.807, 2.05) is 6.07 Å². The largest absolute Gasteiger partial charge is 0.374 e. The van der Waals surface area contributed by atoms with Gasteiger partial charge in [-0.25, -0.2) is 0 Å². The van der Waals surface area contributed by atoms with Crippen LogP contribution in [0.25, 0.3) is 0 Å². The predicted octanol–water partition coefficient (Wildman–Crippen LogP) is 0.0499. The number of aliphatic hydroxyl groups is 1. The number of nitrogens with zero attached hydrogens (tertiary/aromatic N) is 1. The molecule has 0 unspecified atom stereocenters. The van der Waals surface area contributed by atoms with Crippen LogP contribution in [0.2, 0.25) is 0 Å². The Kier molecular flexibility index (Phi) is 1.43. The molecule has 1 aliphatic rings. The first kappa shape index (κ1) is 6.53. The average molecular weight is 127 g/mol. The number of rotatable bonds is 0. The average Bonchev–Trinajstić information content (AvgIpc) is 2.15. The molecule has 0 saturated carbocycles. The van der Waals surface area contributed by atoms with Gasteiger partial charge in [0.05, 0.1) is 12.7 Å². The number of nitriles is 1. The van der Waals surface area contributed by atoms with Gasteiger partial charge in [-0.15, -0.1) is 0 Å². The molecular formula is C6H9NO2. The van der Waals surface area contributed by atoms with E-state index in [2.05, 4.69) is 0 Å². The van der Waals surface area contributed by atoms with Gasteiger partial charge in [-0.2, -0.15) is 5.26 Å². The minimum atomic E-state index is -1.22. The Hall–Kier alpha value is -0.590. The second-order valence-electron chi connectivity index (χ2n) is 2.30. The van der Waals surface area contributed by atoms with Crippen LogP contribution in [0.15, 0.2) is 0 Å². The van der Waals surface area contributed by atoms with Crippen molar-refractivity contribution in [3.8, 4) is 6.07 Å². The van der Waals surface area contributed by atoms with E-state index >= 15 is 0 Å². The van der Waals surface area contributed by atoms with Gasteiger partial charge < -0.3 is 9.84 Å². The number of hydrogen-bond donors (Lipinski definition) is 1. The highest BCUT2D eigenvalue weighted by molar-refractivity contribution is 5.06. The molecule has 0 spiro atoms. The van der Waals surface area contributed by atoms with Gasteiger partial charge in [0, 0.05) is 6.42 Å². The van der Waals surface area contributed by atoms with Crippen LogP contribution in [0, 0.1) is 11.3 Å². The first-order valence-electron chi connectivity index (χ1n) is 2.94. The van der Waals surface area contributed by atoms with Crippen LogP contribution in [0.4, 0.5) is 0 Å². The molecule has 0 bridgehead atoms. The fourth-order valence-electron chi connectivity index (χ4n) is 0.879. The Labute approximate surface area is 53.9 Å². The standard InChI is InChI=1S/C6H9NO2/c1-5-6(8,4-7)2-3-9-5/h5,8H,2-3H2,1H3/t5-,6-/m1/s1. The Morgan fingerprint density at radius 3 is 2.78 bits per heavy atom. The lowest BCUT2D eigenvalue weighted by molar-refractivity contribution is 0.0124. The minimum Gasteiger partial charge on any atom is -0.374 e. The van der Waals surface area contributed by atoms with Crippen LogP contribution >= 0.6 is 0 Å². The zero-order chi connectivity index (χ0) is 6.91. The molecular weight excluding hydrogens is 118 g/mol. The van der Waals surface area contributed by atoms with E-state index in [-0.39, 0.29) is 6.10 Å². The van der Waals surface area contributed by atoms with Crippen LogP contribution in [0.5, 0.6) is 0 Å². The van der Waals surface area contributed by atoms with Gasteiger partial charge in [0.2, 0.25) is 0 Å². The lowest BCUT2D eigenvalue weighted by atomic mass is 9.99. The molecule has 0 amide bonds. The van der Waals surface area contributed by atoms with Gasteiger partial charge in [0.15, 0.2) is 5.60 Å². The van der Waals surface area contributed by atoms with Crippen LogP contribution in [-0.4, -0.2) is 23.4 Å². The van der Waals surface area contributed by atoms with E-state index in [4.69, 9.17) is 10.00 Å². The van der Waals surface area contributed by atoms with E-state index in [1.165, 1.54) is 0 Å². The molecule has 1 fully saturated rings. The van der Waals surface area contributed by atoms with Crippen LogP contribution < -0.4 is 0 Å². The zero-order valence-electron chi connectivity index (χ0n) is 5.29. The van der Waals surface area contributed by atoms with Gasteiger partial charge in [0.1, 0.15) is 6.07 Å². The normalized spacial score (nSPS) is 42.6. The second-order valence-corrected chi connectivity index (χ2v) is 2.30. The molecule has 1 rings (SSSR count). The molecule has 3 heteroatoms. The van der Waals surface area contributed by atoms with Crippen molar-refractivity contribution in [1.29, 1.82) is 5.26 Å². The summed E-state index contributed by atoms with van der Waals surface area (Å²) in [5.74, 6) is 0. The third-order valence-electron chi connectivity index (χ3n) is 1.72. The maximum atomic E-state index is 9.28.